The van der Waals surface area contributed by atoms with Crippen molar-refractivity contribution in [2.24, 2.45) is 0 Å². The molecule has 0 aromatic heterocycles. The third kappa shape index (κ3) is 20.0. The molecule has 0 bridgehead atoms. The van der Waals surface area contributed by atoms with Crippen LogP contribution in [0.4, 0.5) is 0 Å². The van der Waals surface area contributed by atoms with Gasteiger partial charge in [0.15, 0.2) is 0 Å². The SMILES string of the molecule is C.C=CCc1cc(-c2ccc(O)c(CC=C)c2)ccc1O.C=CCc1cc(-c2ccc(OCC3CO3)c(CC=C)c2)ccc1OCC1CO1.ClCC1CO1.O=CO[O-].[H-].[K+].[K+]. The summed E-state index contributed by atoms with van der Waals surface area (Å²) in [6, 6.07) is 23.6. The predicted octanol–water partition coefficient (Wildman–Crippen LogP) is 2.40. The fourth-order valence-electron chi connectivity index (χ4n) is 5.45. The fourth-order valence-corrected chi connectivity index (χ4v) is 5.63. The van der Waals surface area contributed by atoms with Crippen LogP contribution in [-0.2, 0) is 49.6 Å². The average Bonchev–Trinajstić information content (AvgIpc) is 4.06. The predicted molar refractivity (Wildman–Crippen MR) is 229 cm³/mol. The summed E-state index contributed by atoms with van der Waals surface area (Å²) in [4.78, 5) is 11.2. The molecule has 3 saturated heterocycles. The van der Waals surface area contributed by atoms with Gasteiger partial charge in [-0.1, -0.05) is 56.0 Å². The molecule has 0 saturated carbocycles. The molecular formula is C47H55ClK2O10. The third-order valence-electron chi connectivity index (χ3n) is 8.67. The Labute approximate surface area is 446 Å². The standard InChI is InChI=1S/C24H26O4.C18H18O2.C3H5ClO.CH2O3.CH4.2K.H/c1-3-5-19-11-17(7-9-23(19)27-15-21-13-25-21)18-8-10-24(20(12-18)6-4-2)28-16-22-14-26-22;1-3-5-15-11-13(7-9-17(15)19)14-8-10-18(20)16(12-14)6-4-2;4-1-3-2-5-3;2-1-4-3;;;;/h3-4,7-12,21-22H,1-2,5-6,13-16H2;3-4,7-12,19-20H,1-2,5-6H2;3H,1-2H2;1,3H;1H4;;;/q;;;;;2*+1;-1/p-1. The Morgan fingerprint density at radius 3 is 1.18 bits per heavy atom. The second kappa shape index (κ2) is 30.9. The van der Waals surface area contributed by atoms with Crippen molar-refractivity contribution in [1.82, 2.24) is 0 Å². The molecule has 2 N–H and O–H groups in total. The van der Waals surface area contributed by atoms with Crippen molar-refractivity contribution >= 4 is 18.1 Å². The van der Waals surface area contributed by atoms with E-state index in [9.17, 15) is 10.2 Å². The molecular weight excluding hydrogens is 838 g/mol. The number of phenols is 2. The Bertz CT molecular complexity index is 1820. The molecule has 0 spiro atoms. The van der Waals surface area contributed by atoms with Crippen LogP contribution in [0, 0.1) is 0 Å². The minimum absolute atomic E-state index is 0. The molecule has 3 heterocycles. The van der Waals surface area contributed by atoms with E-state index in [1.165, 1.54) is 0 Å². The number of allylic oxidation sites excluding steroid dienone is 4. The number of hydrogen-bond acceptors (Lipinski definition) is 10. The molecule has 3 atom stereocenters. The van der Waals surface area contributed by atoms with E-state index < -0.39 is 0 Å². The first-order chi connectivity index (χ1) is 27.8. The molecule has 3 aliphatic heterocycles. The molecule has 312 valence electrons. The molecule has 13 heteroatoms. The first-order valence-electron chi connectivity index (χ1n) is 18.5. The number of rotatable bonds is 18. The Hall–Kier alpha value is -2.09. The van der Waals surface area contributed by atoms with Crippen LogP contribution in [0.3, 0.4) is 0 Å². The van der Waals surface area contributed by atoms with Crippen LogP contribution in [0.1, 0.15) is 31.1 Å². The number of ether oxygens (including phenoxy) is 5. The van der Waals surface area contributed by atoms with Gasteiger partial charge >= 0.3 is 103 Å². The minimum Gasteiger partial charge on any atom is -1.00 e. The fraction of sp³-hybridized carbons (Fsp3) is 0.298. The van der Waals surface area contributed by atoms with Gasteiger partial charge in [-0.25, -0.2) is 0 Å². The molecule has 3 fully saturated rings. The average molecular weight is 894 g/mol. The summed E-state index contributed by atoms with van der Waals surface area (Å²) in [5, 5.41) is 28.0. The number of benzene rings is 4. The van der Waals surface area contributed by atoms with Gasteiger partial charge in [-0.2, -0.15) is 0 Å². The van der Waals surface area contributed by atoms with E-state index in [0.29, 0.717) is 38.0 Å². The van der Waals surface area contributed by atoms with Crippen LogP contribution in [0.25, 0.3) is 22.3 Å². The van der Waals surface area contributed by atoms with E-state index in [-0.39, 0.29) is 142 Å². The Balaban J connectivity index is 0.000000956. The topological polar surface area (TPSA) is 146 Å². The summed E-state index contributed by atoms with van der Waals surface area (Å²) >= 11 is 5.27. The summed E-state index contributed by atoms with van der Waals surface area (Å²) in [7, 11) is 0. The molecule has 3 unspecified atom stereocenters. The Morgan fingerprint density at radius 1 is 0.617 bits per heavy atom. The van der Waals surface area contributed by atoms with E-state index in [1.54, 1.807) is 24.3 Å². The van der Waals surface area contributed by atoms with Gasteiger partial charge in [0.2, 0.25) is 0 Å². The molecule has 60 heavy (non-hydrogen) atoms. The third-order valence-corrected chi connectivity index (χ3v) is 9.02. The van der Waals surface area contributed by atoms with Crippen molar-refractivity contribution in [1.29, 1.82) is 0 Å². The second-order valence-corrected chi connectivity index (χ2v) is 13.4. The van der Waals surface area contributed by atoms with Crippen molar-refractivity contribution in [2.45, 2.75) is 51.4 Å². The van der Waals surface area contributed by atoms with E-state index in [4.69, 9.17) is 45.3 Å². The molecule has 10 nitrogen and oxygen atoms in total. The van der Waals surface area contributed by atoms with Gasteiger partial charge in [0.25, 0.3) is 6.47 Å². The van der Waals surface area contributed by atoms with Gasteiger partial charge in [-0.05, 0) is 119 Å². The Morgan fingerprint density at radius 2 is 0.917 bits per heavy atom. The zero-order chi connectivity index (χ0) is 41.0. The number of aromatic hydroxyl groups is 2. The van der Waals surface area contributed by atoms with E-state index >= 15 is 0 Å². The number of epoxide rings is 3. The van der Waals surface area contributed by atoms with Gasteiger partial charge in [-0.15, -0.1) is 37.9 Å². The number of hydrogen-bond donors (Lipinski definition) is 2. The Kier molecular flexibility index (Phi) is 28.8. The summed E-state index contributed by atoms with van der Waals surface area (Å²) < 4.78 is 27.1. The first-order valence-corrected chi connectivity index (χ1v) is 19.0. The summed E-state index contributed by atoms with van der Waals surface area (Å²) in [5.41, 5.74) is 8.25. The second-order valence-electron chi connectivity index (χ2n) is 13.1. The maximum atomic E-state index is 9.79. The molecule has 0 radical (unpaired) electrons. The summed E-state index contributed by atoms with van der Waals surface area (Å²) in [5.74, 6) is 3.02. The van der Waals surface area contributed by atoms with E-state index in [0.717, 1.165) is 88.7 Å². The van der Waals surface area contributed by atoms with Crippen molar-refractivity contribution in [3.05, 3.63) is 146 Å². The number of halogens is 1. The molecule has 4 aromatic rings. The van der Waals surface area contributed by atoms with Crippen LogP contribution in [0.5, 0.6) is 23.0 Å². The zero-order valence-corrected chi connectivity index (χ0v) is 41.0. The molecule has 7 rings (SSSR count). The van der Waals surface area contributed by atoms with Crippen LogP contribution in [0.2, 0.25) is 0 Å². The van der Waals surface area contributed by atoms with E-state index in [1.807, 2.05) is 48.6 Å². The van der Waals surface area contributed by atoms with Crippen LogP contribution in [0.15, 0.2) is 123 Å². The normalized spacial score (nSPS) is 15.8. The van der Waals surface area contributed by atoms with Crippen molar-refractivity contribution in [3.63, 3.8) is 0 Å². The quantitative estimate of drug-likeness (QED) is 0.0291. The monoisotopic (exact) mass is 892 g/mol. The molecule has 4 aromatic carbocycles. The summed E-state index contributed by atoms with van der Waals surface area (Å²) in [6.45, 7) is 18.6. The number of alkyl halides is 1. The number of phenolic OH excluding ortho intramolecular Hbond substituents is 2. The molecule has 0 amide bonds. The van der Waals surface area contributed by atoms with Gasteiger partial charge in [-0.3, -0.25) is 4.79 Å². The van der Waals surface area contributed by atoms with Crippen LogP contribution in [-0.4, -0.2) is 73.9 Å². The smallest absolute Gasteiger partial charge is 1.00 e. The maximum absolute atomic E-state index is 9.79. The first kappa shape index (κ1) is 55.9. The van der Waals surface area contributed by atoms with Crippen LogP contribution >= 0.6 is 11.6 Å². The van der Waals surface area contributed by atoms with Gasteiger partial charge < -0.3 is 45.5 Å². The van der Waals surface area contributed by atoms with Gasteiger partial charge in [0.05, 0.1) is 31.8 Å². The number of carbonyl (C=O) groups excluding carboxylic acids is 1. The largest absolute Gasteiger partial charge is 1.00 e. The number of carbonyl (C=O) groups is 1. The molecule has 3 aliphatic rings. The summed E-state index contributed by atoms with van der Waals surface area (Å²) in [6.07, 6.45) is 11.0. The minimum atomic E-state index is -0.181. The van der Waals surface area contributed by atoms with Crippen molar-refractivity contribution in [3.8, 4) is 45.3 Å². The zero-order valence-electron chi connectivity index (χ0n) is 35.0. The van der Waals surface area contributed by atoms with Gasteiger partial charge in [0, 0.05) is 0 Å². The van der Waals surface area contributed by atoms with Crippen molar-refractivity contribution < 1.29 is 153 Å². The van der Waals surface area contributed by atoms with Gasteiger partial charge in [0.1, 0.15) is 48.4 Å². The molecule has 0 aliphatic carbocycles. The van der Waals surface area contributed by atoms with Crippen LogP contribution < -0.4 is 118 Å². The van der Waals surface area contributed by atoms with E-state index in [2.05, 4.69) is 55.5 Å². The maximum Gasteiger partial charge on any atom is 1.00 e. The van der Waals surface area contributed by atoms with Crippen molar-refractivity contribution in [2.75, 3.05) is 38.9 Å².